The van der Waals surface area contributed by atoms with Crippen LogP contribution in [0, 0.1) is 22.5 Å². The fraction of sp³-hybridized carbons (Fsp3) is 0.364. The first-order valence-corrected chi connectivity index (χ1v) is 5.14. The number of nitro groups is 1. The molecule has 90 valence electrons. The maximum Gasteiger partial charge on any atom is 0.331 e. The molecule has 6 nitrogen and oxygen atoms in total. The molecule has 1 rings (SSSR count). The zero-order chi connectivity index (χ0) is 12.7. The van der Waals surface area contributed by atoms with E-state index < -0.39 is 4.92 Å². The summed E-state index contributed by atoms with van der Waals surface area (Å²) in [6.07, 6.45) is 5.96. The molecule has 0 saturated heterocycles. The Bertz CT molecular complexity index is 440. The van der Waals surface area contributed by atoms with Gasteiger partial charge in [0.2, 0.25) is 0 Å². The first-order chi connectivity index (χ1) is 8.19. The molecule has 0 aromatic carbocycles. The summed E-state index contributed by atoms with van der Waals surface area (Å²) in [5.74, 6) is 2.71. The van der Waals surface area contributed by atoms with E-state index in [-0.39, 0.29) is 18.2 Å². The van der Waals surface area contributed by atoms with E-state index in [1.165, 1.54) is 12.1 Å². The largest absolute Gasteiger partial charge is 0.460 e. The second-order valence-corrected chi connectivity index (χ2v) is 3.20. The lowest BCUT2D eigenvalue weighted by atomic mass is 10.4. The van der Waals surface area contributed by atoms with Crippen molar-refractivity contribution in [1.82, 2.24) is 4.98 Å². The number of pyridine rings is 1. The van der Waals surface area contributed by atoms with Gasteiger partial charge in [0, 0.05) is 12.6 Å². The van der Waals surface area contributed by atoms with Crippen molar-refractivity contribution >= 4 is 11.5 Å². The second-order valence-electron chi connectivity index (χ2n) is 3.20. The van der Waals surface area contributed by atoms with Crippen LogP contribution in [0.25, 0.3) is 0 Å². The Morgan fingerprint density at radius 2 is 2.41 bits per heavy atom. The van der Waals surface area contributed by atoms with E-state index >= 15 is 0 Å². The van der Waals surface area contributed by atoms with Gasteiger partial charge in [0.15, 0.2) is 6.61 Å². The Morgan fingerprint density at radius 3 is 3.00 bits per heavy atom. The van der Waals surface area contributed by atoms with Crippen molar-refractivity contribution in [3.05, 3.63) is 22.2 Å². The lowest BCUT2D eigenvalue weighted by Crippen LogP contribution is -2.05. The predicted molar refractivity (Wildman–Crippen MR) is 64.0 cm³/mol. The van der Waals surface area contributed by atoms with Crippen LogP contribution >= 0.6 is 0 Å². The quantitative estimate of drug-likeness (QED) is 0.462. The Kier molecular flexibility index (Phi) is 4.76. The number of nitrogens with zero attached hydrogens (tertiary/aromatic N) is 2. The van der Waals surface area contributed by atoms with Gasteiger partial charge in [0.05, 0.1) is 4.92 Å². The molecule has 1 heterocycles. The van der Waals surface area contributed by atoms with Crippen molar-refractivity contribution in [3.8, 4) is 18.2 Å². The van der Waals surface area contributed by atoms with Crippen LogP contribution in [0.3, 0.4) is 0 Å². The van der Waals surface area contributed by atoms with Crippen LogP contribution in [0.5, 0.6) is 5.88 Å². The molecule has 0 aliphatic rings. The lowest BCUT2D eigenvalue weighted by molar-refractivity contribution is -0.386. The SMILES string of the molecule is C#CCOc1nc(NCCC)ccc1[N+](=O)[O-]. The zero-order valence-electron chi connectivity index (χ0n) is 9.47. The van der Waals surface area contributed by atoms with Gasteiger partial charge in [-0.25, -0.2) is 0 Å². The third kappa shape index (κ3) is 3.65. The highest BCUT2D eigenvalue weighted by molar-refractivity contribution is 5.49. The minimum absolute atomic E-state index is 0.0505. The minimum atomic E-state index is -0.553. The lowest BCUT2D eigenvalue weighted by Gasteiger charge is -2.06. The fourth-order valence-corrected chi connectivity index (χ4v) is 1.14. The van der Waals surface area contributed by atoms with Crippen LogP contribution in [0.15, 0.2) is 12.1 Å². The molecule has 0 spiro atoms. The van der Waals surface area contributed by atoms with Gasteiger partial charge in [-0.15, -0.1) is 6.42 Å². The summed E-state index contributed by atoms with van der Waals surface area (Å²) >= 11 is 0. The maximum absolute atomic E-state index is 10.7. The second kappa shape index (κ2) is 6.33. The normalized spacial score (nSPS) is 9.41. The number of rotatable bonds is 6. The van der Waals surface area contributed by atoms with Gasteiger partial charge < -0.3 is 10.1 Å². The predicted octanol–water partition coefficient (Wildman–Crippen LogP) is 1.82. The molecular weight excluding hydrogens is 222 g/mol. The Balaban J connectivity index is 2.93. The fourth-order valence-electron chi connectivity index (χ4n) is 1.14. The van der Waals surface area contributed by atoms with Crippen molar-refractivity contribution in [2.24, 2.45) is 0 Å². The molecule has 0 aliphatic carbocycles. The van der Waals surface area contributed by atoms with E-state index in [0.29, 0.717) is 5.82 Å². The van der Waals surface area contributed by atoms with Crippen molar-refractivity contribution < 1.29 is 9.66 Å². The molecule has 0 atom stereocenters. The number of anilines is 1. The van der Waals surface area contributed by atoms with Gasteiger partial charge in [-0.1, -0.05) is 12.8 Å². The first-order valence-electron chi connectivity index (χ1n) is 5.14. The van der Waals surface area contributed by atoms with Crippen LogP contribution in [-0.4, -0.2) is 23.1 Å². The monoisotopic (exact) mass is 235 g/mol. The number of hydrogen-bond acceptors (Lipinski definition) is 5. The molecule has 0 radical (unpaired) electrons. The smallest absolute Gasteiger partial charge is 0.331 e. The van der Waals surface area contributed by atoms with Crippen LogP contribution in [-0.2, 0) is 0 Å². The van der Waals surface area contributed by atoms with E-state index in [0.717, 1.165) is 13.0 Å². The third-order valence-corrected chi connectivity index (χ3v) is 1.89. The number of nitrogens with one attached hydrogen (secondary N) is 1. The summed E-state index contributed by atoms with van der Waals surface area (Å²) in [6.45, 7) is 2.69. The van der Waals surface area contributed by atoms with Gasteiger partial charge in [-0.3, -0.25) is 10.1 Å². The minimum Gasteiger partial charge on any atom is -0.460 e. The van der Waals surface area contributed by atoms with Crippen molar-refractivity contribution in [3.63, 3.8) is 0 Å². The average molecular weight is 235 g/mol. The van der Waals surface area contributed by atoms with E-state index in [2.05, 4.69) is 16.2 Å². The molecular formula is C11H13N3O3. The topological polar surface area (TPSA) is 77.3 Å². The summed E-state index contributed by atoms with van der Waals surface area (Å²) in [4.78, 5) is 14.2. The van der Waals surface area contributed by atoms with Gasteiger partial charge in [-0.05, 0) is 12.5 Å². The summed E-state index contributed by atoms with van der Waals surface area (Å²) in [7, 11) is 0. The van der Waals surface area contributed by atoms with Gasteiger partial charge in [-0.2, -0.15) is 4.98 Å². The number of hydrogen-bond donors (Lipinski definition) is 1. The Morgan fingerprint density at radius 1 is 1.65 bits per heavy atom. The summed E-state index contributed by atoms with van der Waals surface area (Å²) < 4.78 is 5.04. The summed E-state index contributed by atoms with van der Waals surface area (Å²) in [5, 5.41) is 13.7. The van der Waals surface area contributed by atoms with Crippen molar-refractivity contribution in [2.75, 3.05) is 18.5 Å². The van der Waals surface area contributed by atoms with Crippen LogP contribution < -0.4 is 10.1 Å². The van der Waals surface area contributed by atoms with Crippen LogP contribution in [0.2, 0.25) is 0 Å². The Labute approximate surface area is 99.2 Å². The number of ether oxygens (including phenoxy) is 1. The third-order valence-electron chi connectivity index (χ3n) is 1.89. The summed E-state index contributed by atoms with van der Waals surface area (Å²) in [6, 6.07) is 2.88. The maximum atomic E-state index is 10.7. The van der Waals surface area contributed by atoms with Crippen molar-refractivity contribution in [2.45, 2.75) is 13.3 Å². The number of terminal acetylenes is 1. The number of aromatic nitrogens is 1. The van der Waals surface area contributed by atoms with Gasteiger partial charge in [0.1, 0.15) is 5.82 Å². The highest BCUT2D eigenvalue weighted by Crippen LogP contribution is 2.26. The molecule has 0 unspecified atom stereocenters. The molecule has 0 fully saturated rings. The standard InChI is InChI=1S/C11H13N3O3/c1-3-7-12-10-6-5-9(14(15)16)11(13-10)17-8-4-2/h2,5-6H,3,7-8H2,1H3,(H,12,13). The molecule has 0 amide bonds. The molecule has 1 aromatic rings. The van der Waals surface area contributed by atoms with Gasteiger partial charge >= 0.3 is 5.69 Å². The Hall–Kier alpha value is -2.29. The molecule has 6 heteroatoms. The molecule has 1 aromatic heterocycles. The summed E-state index contributed by atoms with van der Waals surface area (Å²) in [5.41, 5.74) is -0.192. The van der Waals surface area contributed by atoms with E-state index in [9.17, 15) is 10.1 Å². The highest BCUT2D eigenvalue weighted by atomic mass is 16.6. The molecule has 0 bridgehead atoms. The van der Waals surface area contributed by atoms with Crippen LogP contribution in [0.1, 0.15) is 13.3 Å². The van der Waals surface area contributed by atoms with E-state index in [4.69, 9.17) is 11.2 Å². The molecule has 17 heavy (non-hydrogen) atoms. The van der Waals surface area contributed by atoms with Gasteiger partial charge in [0.25, 0.3) is 5.88 Å². The molecule has 1 N–H and O–H groups in total. The first kappa shape index (κ1) is 12.8. The zero-order valence-corrected chi connectivity index (χ0v) is 9.47. The average Bonchev–Trinajstić information content (AvgIpc) is 2.33. The molecule has 0 aliphatic heterocycles. The van der Waals surface area contributed by atoms with Crippen molar-refractivity contribution in [1.29, 1.82) is 0 Å². The molecule has 0 saturated carbocycles. The van der Waals surface area contributed by atoms with E-state index in [1.54, 1.807) is 0 Å². The van der Waals surface area contributed by atoms with E-state index in [1.807, 2.05) is 6.92 Å². The van der Waals surface area contributed by atoms with Crippen LogP contribution in [0.4, 0.5) is 11.5 Å². The highest BCUT2D eigenvalue weighted by Gasteiger charge is 2.17.